The summed E-state index contributed by atoms with van der Waals surface area (Å²) in [5.74, 6) is 0. The fourth-order valence-corrected chi connectivity index (χ4v) is 6.58. The first-order valence-electron chi connectivity index (χ1n) is 11.5. The van der Waals surface area contributed by atoms with Gasteiger partial charge in [-0.3, -0.25) is 0 Å². The van der Waals surface area contributed by atoms with Crippen molar-refractivity contribution in [3.8, 4) is 33.2 Å². The standard InChI is InChI=1S/C26H23Cl2N5S2.CO2/c1-15(2)34-25-24(18-5-6-22(27)23(28)12-18)30-26(35-25)33-13-21(17(4)31-33)19-9-16(3)10-20(11-19)32-8-7-29-14-32;2-1-3/h5-15H,1-4H3;. The Morgan fingerprint density at radius 2 is 1.79 bits per heavy atom. The van der Waals surface area contributed by atoms with Crippen LogP contribution < -0.4 is 0 Å². The summed E-state index contributed by atoms with van der Waals surface area (Å²) in [4.78, 5) is 25.4. The number of hydrogen-bond acceptors (Lipinski definition) is 7. The molecule has 3 aromatic heterocycles. The van der Waals surface area contributed by atoms with Gasteiger partial charge in [-0.05, 0) is 49.2 Å². The maximum absolute atomic E-state index is 8.12. The van der Waals surface area contributed by atoms with E-state index < -0.39 is 0 Å². The number of carbonyl (C=O) groups excluding carboxylic acids is 2. The molecule has 0 saturated carbocycles. The molecule has 0 atom stereocenters. The average molecular weight is 585 g/mol. The first-order chi connectivity index (χ1) is 18.2. The lowest BCUT2D eigenvalue weighted by atomic mass is 10.0. The molecular formula is C27H23Cl2N5O2S2. The summed E-state index contributed by atoms with van der Waals surface area (Å²) in [5, 5.41) is 7.10. The fraction of sp³-hybridized carbons (Fsp3) is 0.185. The molecule has 0 fully saturated rings. The van der Waals surface area contributed by atoms with Crippen LogP contribution in [0.4, 0.5) is 0 Å². The van der Waals surface area contributed by atoms with Gasteiger partial charge in [0.25, 0.3) is 0 Å². The molecule has 0 aliphatic heterocycles. The van der Waals surface area contributed by atoms with Crippen LogP contribution in [0.5, 0.6) is 0 Å². The minimum absolute atomic E-state index is 0.250. The second kappa shape index (κ2) is 12.1. The lowest BCUT2D eigenvalue weighted by Crippen LogP contribution is -1.94. The highest BCUT2D eigenvalue weighted by Crippen LogP contribution is 2.41. The zero-order chi connectivity index (χ0) is 27.4. The van der Waals surface area contributed by atoms with Crippen LogP contribution in [-0.4, -0.2) is 35.7 Å². The summed E-state index contributed by atoms with van der Waals surface area (Å²) in [6, 6.07) is 12.1. The Morgan fingerprint density at radius 3 is 2.45 bits per heavy atom. The van der Waals surface area contributed by atoms with Crippen molar-refractivity contribution in [2.75, 3.05) is 0 Å². The topological polar surface area (TPSA) is 82.7 Å². The van der Waals surface area contributed by atoms with Gasteiger partial charge in [-0.2, -0.15) is 14.7 Å². The third-order valence-corrected chi connectivity index (χ3v) is 8.39. The van der Waals surface area contributed by atoms with E-state index in [1.54, 1.807) is 29.3 Å². The van der Waals surface area contributed by atoms with Crippen molar-refractivity contribution in [2.45, 2.75) is 37.2 Å². The first-order valence-corrected chi connectivity index (χ1v) is 13.9. The number of thioether (sulfide) groups is 1. The zero-order valence-electron chi connectivity index (χ0n) is 21.0. The maximum atomic E-state index is 8.12. The predicted octanol–water partition coefficient (Wildman–Crippen LogP) is 7.69. The highest BCUT2D eigenvalue weighted by molar-refractivity contribution is 8.01. The number of thiazole rings is 1. The number of aromatic nitrogens is 5. The Kier molecular flexibility index (Phi) is 8.87. The van der Waals surface area contributed by atoms with Crippen LogP contribution in [0.25, 0.3) is 33.2 Å². The van der Waals surface area contributed by atoms with Gasteiger partial charge in [0.2, 0.25) is 5.13 Å². The van der Waals surface area contributed by atoms with Crippen molar-refractivity contribution >= 4 is 52.5 Å². The Morgan fingerprint density at radius 1 is 1.03 bits per heavy atom. The average Bonchev–Trinajstić information content (AvgIpc) is 3.61. The quantitative estimate of drug-likeness (QED) is 0.190. The molecule has 38 heavy (non-hydrogen) atoms. The van der Waals surface area contributed by atoms with E-state index in [0.29, 0.717) is 15.3 Å². The smallest absolute Gasteiger partial charge is 0.306 e. The molecule has 0 radical (unpaired) electrons. The third kappa shape index (κ3) is 6.26. The summed E-state index contributed by atoms with van der Waals surface area (Å²) >= 11 is 15.9. The van der Waals surface area contributed by atoms with Gasteiger partial charge < -0.3 is 4.57 Å². The Bertz CT molecular complexity index is 1600. The van der Waals surface area contributed by atoms with E-state index in [0.717, 1.165) is 43.1 Å². The molecule has 0 spiro atoms. The van der Waals surface area contributed by atoms with Gasteiger partial charge in [0.05, 0.1) is 32.0 Å². The summed E-state index contributed by atoms with van der Waals surface area (Å²) < 4.78 is 5.01. The van der Waals surface area contributed by atoms with Gasteiger partial charge in [0.15, 0.2) is 0 Å². The molecular weight excluding hydrogens is 561 g/mol. The number of imidazole rings is 1. The van der Waals surface area contributed by atoms with Gasteiger partial charge in [-0.1, -0.05) is 60.5 Å². The van der Waals surface area contributed by atoms with E-state index >= 15 is 0 Å². The molecule has 5 rings (SSSR count). The molecule has 0 unspecified atom stereocenters. The van der Waals surface area contributed by atoms with Gasteiger partial charge in [-0.25, -0.2) is 14.6 Å². The van der Waals surface area contributed by atoms with Crippen LogP contribution in [0, 0.1) is 13.8 Å². The molecule has 194 valence electrons. The van der Waals surface area contributed by atoms with Crippen molar-refractivity contribution in [2.24, 2.45) is 0 Å². The summed E-state index contributed by atoms with van der Waals surface area (Å²) in [7, 11) is 0. The van der Waals surface area contributed by atoms with Crippen molar-refractivity contribution < 1.29 is 9.59 Å². The molecule has 0 aliphatic carbocycles. The Labute approximate surface area is 238 Å². The predicted molar refractivity (Wildman–Crippen MR) is 153 cm³/mol. The van der Waals surface area contributed by atoms with E-state index in [-0.39, 0.29) is 6.15 Å². The Balaban J connectivity index is 0.00000107. The lowest BCUT2D eigenvalue weighted by Gasteiger charge is -2.07. The number of aryl methyl sites for hydroxylation is 2. The molecule has 0 amide bonds. The van der Waals surface area contributed by atoms with E-state index in [1.807, 2.05) is 46.9 Å². The van der Waals surface area contributed by atoms with Crippen molar-refractivity contribution in [3.05, 3.63) is 82.6 Å². The number of halogens is 2. The summed E-state index contributed by atoms with van der Waals surface area (Å²) in [6.45, 7) is 8.48. The van der Waals surface area contributed by atoms with Crippen LogP contribution in [0.2, 0.25) is 10.0 Å². The number of rotatable bonds is 6. The highest BCUT2D eigenvalue weighted by atomic mass is 35.5. The van der Waals surface area contributed by atoms with Gasteiger partial charge in [0.1, 0.15) is 0 Å². The van der Waals surface area contributed by atoms with E-state index in [1.165, 1.54) is 5.56 Å². The SMILES string of the molecule is Cc1cc(-c2cn(-c3nc(-c4ccc(Cl)c(Cl)c4)c(SC(C)C)s3)nc2C)cc(-n2ccnc2)c1.O=C=O. The molecule has 2 aromatic carbocycles. The maximum Gasteiger partial charge on any atom is 0.373 e. The number of benzene rings is 2. The van der Waals surface area contributed by atoms with Gasteiger partial charge >= 0.3 is 6.15 Å². The van der Waals surface area contributed by atoms with E-state index in [4.69, 9.17) is 42.9 Å². The summed E-state index contributed by atoms with van der Waals surface area (Å²) in [5.41, 5.74) is 7.20. The molecule has 0 aliphatic rings. The Hall–Kier alpha value is -3.20. The normalized spacial score (nSPS) is 10.8. The second-order valence-corrected chi connectivity index (χ2v) is 12.2. The minimum Gasteiger partial charge on any atom is -0.306 e. The van der Waals surface area contributed by atoms with Gasteiger partial charge in [0, 0.05) is 40.7 Å². The van der Waals surface area contributed by atoms with Crippen LogP contribution in [-0.2, 0) is 9.59 Å². The minimum atomic E-state index is 0.250. The van der Waals surface area contributed by atoms with Crippen LogP contribution in [0.1, 0.15) is 25.1 Å². The second-order valence-electron chi connectivity index (χ2n) is 8.61. The van der Waals surface area contributed by atoms with Gasteiger partial charge in [-0.15, -0.1) is 11.8 Å². The molecule has 3 heterocycles. The number of nitrogens with zero attached hydrogens (tertiary/aromatic N) is 5. The first kappa shape index (κ1) is 27.8. The van der Waals surface area contributed by atoms with Crippen molar-refractivity contribution in [1.29, 1.82) is 0 Å². The van der Waals surface area contributed by atoms with E-state index in [9.17, 15) is 0 Å². The van der Waals surface area contributed by atoms with E-state index in [2.05, 4.69) is 50.2 Å². The number of hydrogen-bond donors (Lipinski definition) is 0. The molecule has 7 nitrogen and oxygen atoms in total. The molecule has 0 N–H and O–H groups in total. The van der Waals surface area contributed by atoms with Crippen molar-refractivity contribution in [1.82, 2.24) is 24.3 Å². The molecule has 0 bridgehead atoms. The van der Waals surface area contributed by atoms with Crippen LogP contribution >= 0.6 is 46.3 Å². The third-order valence-electron chi connectivity index (χ3n) is 5.39. The summed E-state index contributed by atoms with van der Waals surface area (Å²) in [6.07, 6.45) is 7.85. The van der Waals surface area contributed by atoms with Crippen LogP contribution in [0.3, 0.4) is 0 Å². The van der Waals surface area contributed by atoms with Crippen LogP contribution in [0.15, 0.2) is 65.5 Å². The molecule has 11 heteroatoms. The van der Waals surface area contributed by atoms with Crippen molar-refractivity contribution in [3.63, 3.8) is 0 Å². The zero-order valence-corrected chi connectivity index (χ0v) is 24.1. The molecule has 0 saturated heterocycles. The largest absolute Gasteiger partial charge is 0.373 e. The molecule has 5 aromatic rings. The monoisotopic (exact) mass is 583 g/mol. The fourth-order valence-electron chi connectivity index (χ4n) is 3.83. The lowest BCUT2D eigenvalue weighted by molar-refractivity contribution is -0.191. The highest BCUT2D eigenvalue weighted by Gasteiger charge is 2.19.